The molecular formula is C22H24Br2ClN7O. The topological polar surface area (TPSA) is 87.6 Å². The van der Waals surface area contributed by atoms with Crippen LogP contribution in [-0.4, -0.2) is 41.4 Å². The summed E-state index contributed by atoms with van der Waals surface area (Å²) in [7, 11) is 1.61. The van der Waals surface area contributed by atoms with Crippen molar-refractivity contribution < 1.29 is 4.74 Å². The van der Waals surface area contributed by atoms with Crippen molar-refractivity contribution >= 4 is 73.2 Å². The molecule has 1 aromatic heterocycles. The molecule has 3 rings (SSSR count). The molecule has 1 heterocycles. The lowest BCUT2D eigenvalue weighted by atomic mass is 10.2. The fourth-order valence-electron chi connectivity index (χ4n) is 2.97. The Morgan fingerprint density at radius 3 is 2.48 bits per heavy atom. The van der Waals surface area contributed by atoms with Crippen LogP contribution in [0.15, 0.2) is 44.4 Å². The third-order valence-electron chi connectivity index (χ3n) is 4.71. The van der Waals surface area contributed by atoms with Crippen LogP contribution < -0.4 is 20.4 Å². The molecule has 0 amide bonds. The number of halogens is 3. The maximum absolute atomic E-state index is 6.26. The molecule has 33 heavy (non-hydrogen) atoms. The van der Waals surface area contributed by atoms with E-state index in [1.54, 1.807) is 13.3 Å². The quantitative estimate of drug-likeness (QED) is 0.218. The summed E-state index contributed by atoms with van der Waals surface area (Å²) in [4.78, 5) is 15.6. The molecule has 2 aromatic carbocycles. The van der Waals surface area contributed by atoms with Crippen molar-refractivity contribution in [1.29, 1.82) is 0 Å². The minimum Gasteiger partial charge on any atom is -0.495 e. The van der Waals surface area contributed by atoms with Crippen LogP contribution in [0.4, 0.5) is 23.5 Å². The van der Waals surface area contributed by atoms with Crippen molar-refractivity contribution in [3.05, 3.63) is 55.4 Å². The maximum Gasteiger partial charge on any atom is 0.250 e. The smallest absolute Gasteiger partial charge is 0.250 e. The molecule has 0 saturated carbocycles. The molecule has 11 heteroatoms. The lowest BCUT2D eigenvalue weighted by Gasteiger charge is -2.19. The number of hydrogen-bond donors (Lipinski definition) is 2. The Morgan fingerprint density at radius 2 is 1.82 bits per heavy atom. The molecule has 2 N–H and O–H groups in total. The van der Waals surface area contributed by atoms with Crippen LogP contribution in [0.2, 0.25) is 5.02 Å². The molecule has 3 aromatic rings. The predicted molar refractivity (Wildman–Crippen MR) is 142 cm³/mol. The summed E-state index contributed by atoms with van der Waals surface area (Å²) in [5.41, 5.74) is 5.45. The lowest BCUT2D eigenvalue weighted by Crippen LogP contribution is -2.25. The number of methoxy groups -OCH3 is 1. The van der Waals surface area contributed by atoms with Gasteiger partial charge < -0.3 is 15.0 Å². The molecule has 8 nitrogen and oxygen atoms in total. The first-order valence-corrected chi connectivity index (χ1v) is 12.2. The number of nitrogens with one attached hydrogen (secondary N) is 2. The van der Waals surface area contributed by atoms with Crippen molar-refractivity contribution in [2.24, 2.45) is 5.10 Å². The number of aromatic nitrogens is 3. The first-order chi connectivity index (χ1) is 15.8. The summed E-state index contributed by atoms with van der Waals surface area (Å²) in [6, 6.07) is 9.49. The van der Waals surface area contributed by atoms with Gasteiger partial charge in [-0.15, -0.1) is 0 Å². The van der Waals surface area contributed by atoms with E-state index in [4.69, 9.17) is 16.3 Å². The van der Waals surface area contributed by atoms with Gasteiger partial charge in [-0.3, -0.25) is 0 Å². The van der Waals surface area contributed by atoms with Crippen molar-refractivity contribution in [2.45, 2.75) is 20.8 Å². The normalized spacial score (nSPS) is 11.0. The summed E-state index contributed by atoms with van der Waals surface area (Å²) in [6.07, 6.45) is 1.64. The van der Waals surface area contributed by atoms with Gasteiger partial charge in [0, 0.05) is 33.8 Å². The van der Waals surface area contributed by atoms with E-state index in [2.05, 4.69) is 62.7 Å². The van der Waals surface area contributed by atoms with E-state index in [1.165, 1.54) is 0 Å². The van der Waals surface area contributed by atoms with Crippen LogP contribution in [0.3, 0.4) is 0 Å². The average Bonchev–Trinajstić information content (AvgIpc) is 2.77. The molecule has 174 valence electrons. The highest BCUT2D eigenvalue weighted by Crippen LogP contribution is 2.31. The molecule has 0 aliphatic carbocycles. The van der Waals surface area contributed by atoms with Gasteiger partial charge in [-0.25, -0.2) is 5.43 Å². The Hall–Kier alpha value is -2.43. The summed E-state index contributed by atoms with van der Waals surface area (Å²) in [5.74, 6) is 1.89. The average molecular weight is 598 g/mol. The van der Waals surface area contributed by atoms with Crippen molar-refractivity contribution in [2.75, 3.05) is 35.8 Å². The molecule has 0 bridgehead atoms. The van der Waals surface area contributed by atoms with Crippen LogP contribution in [0.1, 0.15) is 25.0 Å². The van der Waals surface area contributed by atoms with Crippen molar-refractivity contribution in [3.63, 3.8) is 0 Å². The van der Waals surface area contributed by atoms with Gasteiger partial charge in [-0.2, -0.15) is 20.1 Å². The van der Waals surface area contributed by atoms with Gasteiger partial charge in [-0.05, 0) is 66.5 Å². The standard InChI is InChI=1S/C22H24Br2ClN7O/c1-5-32(6-2)22-29-20(27-16-8-7-13(3)18(25)11-16)28-21(30-22)31-26-12-14-9-15(23)10-17(24)19(14)33-4/h7-12H,5-6H2,1-4H3,(H2,27,28,29,30,31). The number of nitrogens with zero attached hydrogens (tertiary/aromatic N) is 5. The first kappa shape index (κ1) is 25.2. The number of anilines is 4. The molecule has 0 saturated heterocycles. The maximum atomic E-state index is 6.26. The van der Waals surface area contributed by atoms with Crippen LogP contribution in [0.25, 0.3) is 0 Å². The number of aryl methyl sites for hydroxylation is 1. The molecule has 0 aliphatic rings. The summed E-state index contributed by atoms with van der Waals surface area (Å²) in [6.45, 7) is 7.54. The van der Waals surface area contributed by atoms with Gasteiger partial charge in [0.05, 0.1) is 17.8 Å². The second kappa shape index (κ2) is 11.6. The molecule has 0 fully saturated rings. The Balaban J connectivity index is 1.90. The van der Waals surface area contributed by atoms with Gasteiger partial charge >= 0.3 is 0 Å². The zero-order valence-corrected chi connectivity index (χ0v) is 22.6. The van der Waals surface area contributed by atoms with E-state index in [9.17, 15) is 0 Å². The number of rotatable bonds is 9. The van der Waals surface area contributed by atoms with Crippen LogP contribution in [0.5, 0.6) is 5.75 Å². The van der Waals surface area contributed by atoms with Crippen LogP contribution in [-0.2, 0) is 0 Å². The second-order valence-corrected chi connectivity index (χ2v) is 9.10. The second-order valence-electron chi connectivity index (χ2n) is 6.92. The minimum absolute atomic E-state index is 0.303. The molecule has 0 aliphatic heterocycles. The first-order valence-electron chi connectivity index (χ1n) is 10.2. The number of ether oxygens (including phenoxy) is 1. The molecule has 0 unspecified atom stereocenters. The van der Waals surface area contributed by atoms with E-state index in [1.807, 2.05) is 56.0 Å². The zero-order valence-electron chi connectivity index (χ0n) is 18.7. The van der Waals surface area contributed by atoms with Gasteiger partial charge in [0.1, 0.15) is 5.75 Å². The Labute approximate surface area is 215 Å². The highest BCUT2D eigenvalue weighted by atomic mass is 79.9. The molecule has 0 spiro atoms. The van der Waals surface area contributed by atoms with E-state index >= 15 is 0 Å². The fraction of sp³-hybridized carbons (Fsp3) is 0.273. The number of benzene rings is 2. The van der Waals surface area contributed by atoms with Crippen molar-refractivity contribution in [1.82, 2.24) is 15.0 Å². The number of hydrazone groups is 1. The Kier molecular flexibility index (Phi) is 8.87. The van der Waals surface area contributed by atoms with Crippen LogP contribution in [0, 0.1) is 6.92 Å². The summed E-state index contributed by atoms with van der Waals surface area (Å²) in [5, 5.41) is 8.17. The fourth-order valence-corrected chi connectivity index (χ4v) is 4.57. The number of hydrogen-bond acceptors (Lipinski definition) is 8. The van der Waals surface area contributed by atoms with E-state index in [0.29, 0.717) is 28.6 Å². The van der Waals surface area contributed by atoms with E-state index in [0.717, 1.165) is 38.8 Å². The summed E-state index contributed by atoms with van der Waals surface area (Å²) >= 11 is 13.2. The Bertz CT molecular complexity index is 1160. The van der Waals surface area contributed by atoms with Gasteiger partial charge in [0.2, 0.25) is 17.8 Å². The third-order valence-corrected chi connectivity index (χ3v) is 6.16. The monoisotopic (exact) mass is 595 g/mol. The molecular weight excluding hydrogens is 574 g/mol. The molecule has 0 atom stereocenters. The zero-order chi connectivity index (χ0) is 24.0. The van der Waals surface area contributed by atoms with Gasteiger partial charge in [0.15, 0.2) is 0 Å². The highest BCUT2D eigenvalue weighted by molar-refractivity contribution is 9.11. The van der Waals surface area contributed by atoms with Gasteiger partial charge in [0.25, 0.3) is 0 Å². The molecule has 0 radical (unpaired) electrons. The summed E-state index contributed by atoms with van der Waals surface area (Å²) < 4.78 is 7.17. The van der Waals surface area contributed by atoms with E-state index in [-0.39, 0.29) is 0 Å². The van der Waals surface area contributed by atoms with E-state index < -0.39 is 0 Å². The largest absolute Gasteiger partial charge is 0.495 e. The highest BCUT2D eigenvalue weighted by Gasteiger charge is 2.12. The SMILES string of the molecule is CCN(CC)c1nc(NN=Cc2cc(Br)cc(Br)c2OC)nc(Nc2ccc(C)c(Cl)c2)n1. The van der Waals surface area contributed by atoms with Gasteiger partial charge in [-0.1, -0.05) is 33.6 Å². The minimum atomic E-state index is 0.303. The lowest BCUT2D eigenvalue weighted by molar-refractivity contribution is 0.411. The Morgan fingerprint density at radius 1 is 1.09 bits per heavy atom. The van der Waals surface area contributed by atoms with Crippen molar-refractivity contribution in [3.8, 4) is 5.75 Å². The predicted octanol–water partition coefficient (Wildman–Crippen LogP) is 6.40. The third kappa shape index (κ3) is 6.55. The van der Waals surface area contributed by atoms with Crippen LogP contribution >= 0.6 is 43.5 Å².